The summed E-state index contributed by atoms with van der Waals surface area (Å²) in [6.45, 7) is 2.92. The van der Waals surface area contributed by atoms with Crippen molar-refractivity contribution in [2.75, 3.05) is 38.2 Å². The minimum absolute atomic E-state index is 0.0144. The Bertz CT molecular complexity index is 921. The topological polar surface area (TPSA) is 71.5 Å². The Morgan fingerprint density at radius 2 is 1.73 bits per heavy atom. The van der Waals surface area contributed by atoms with Crippen LogP contribution < -0.4 is 9.64 Å². The van der Waals surface area contributed by atoms with Crippen molar-refractivity contribution in [3.8, 4) is 5.75 Å². The molecule has 2 aromatic heterocycles. The molecule has 4 rings (SSSR count). The number of fused-ring (bicyclic) bond motifs is 1. The average molecular weight is 349 g/mol. The number of methoxy groups -OCH3 is 1. The molecule has 0 aliphatic carbocycles. The number of rotatable bonds is 3. The van der Waals surface area contributed by atoms with Crippen molar-refractivity contribution in [1.82, 2.24) is 19.9 Å². The number of amides is 1. The van der Waals surface area contributed by atoms with Crippen LogP contribution in [0.5, 0.6) is 5.75 Å². The molecule has 0 atom stereocenters. The maximum absolute atomic E-state index is 12.8. The molecule has 0 N–H and O–H groups in total. The lowest BCUT2D eigenvalue weighted by atomic mass is 10.2. The molecule has 0 saturated carbocycles. The molecule has 1 aromatic carbocycles. The molecule has 0 bridgehead atoms. The molecule has 3 aromatic rings. The van der Waals surface area contributed by atoms with Gasteiger partial charge in [-0.05, 0) is 30.3 Å². The van der Waals surface area contributed by atoms with Crippen LogP contribution in [-0.4, -0.2) is 59.0 Å². The smallest absolute Gasteiger partial charge is 0.255 e. The van der Waals surface area contributed by atoms with E-state index in [-0.39, 0.29) is 5.91 Å². The van der Waals surface area contributed by atoms with E-state index in [4.69, 9.17) is 4.74 Å². The largest absolute Gasteiger partial charge is 0.497 e. The van der Waals surface area contributed by atoms with Gasteiger partial charge in [-0.1, -0.05) is 0 Å². The average Bonchev–Trinajstić information content (AvgIpc) is 2.73. The number of piperazine rings is 1. The predicted molar refractivity (Wildman–Crippen MR) is 98.4 cm³/mol. The molecule has 1 fully saturated rings. The van der Waals surface area contributed by atoms with Gasteiger partial charge in [0.2, 0.25) is 0 Å². The Hall–Kier alpha value is -3.22. The van der Waals surface area contributed by atoms with E-state index in [2.05, 4.69) is 19.9 Å². The zero-order valence-corrected chi connectivity index (χ0v) is 14.5. The molecule has 0 unspecified atom stereocenters. The highest BCUT2D eigenvalue weighted by molar-refractivity contribution is 5.96. The van der Waals surface area contributed by atoms with Crippen molar-refractivity contribution in [2.24, 2.45) is 0 Å². The highest BCUT2D eigenvalue weighted by atomic mass is 16.5. The number of benzene rings is 1. The first-order valence-electron chi connectivity index (χ1n) is 8.49. The van der Waals surface area contributed by atoms with Gasteiger partial charge in [-0.3, -0.25) is 9.78 Å². The number of carbonyl (C=O) groups is 1. The molecule has 0 radical (unpaired) electrons. The van der Waals surface area contributed by atoms with Crippen molar-refractivity contribution in [1.29, 1.82) is 0 Å². The molecule has 3 heterocycles. The highest BCUT2D eigenvalue weighted by Gasteiger charge is 2.23. The third-order valence-corrected chi connectivity index (χ3v) is 4.58. The summed E-state index contributed by atoms with van der Waals surface area (Å²) >= 11 is 0. The number of ether oxygens (including phenoxy) is 1. The van der Waals surface area contributed by atoms with Gasteiger partial charge in [0.25, 0.3) is 5.91 Å². The normalized spacial score (nSPS) is 14.5. The van der Waals surface area contributed by atoms with Gasteiger partial charge in [0.1, 0.15) is 11.3 Å². The standard InChI is InChI=1S/C19H19N5O2/c1-26-16-4-2-15(3-5-16)23-8-10-24(11-9-23)19(25)14-12-17-18(22-13-14)21-7-6-20-17/h2-7,12-13H,8-11H2,1H3. The van der Waals surface area contributed by atoms with Crippen LogP contribution >= 0.6 is 0 Å². The van der Waals surface area contributed by atoms with E-state index in [1.54, 1.807) is 31.8 Å². The molecule has 7 nitrogen and oxygen atoms in total. The van der Waals surface area contributed by atoms with Gasteiger partial charge in [0, 0.05) is 50.5 Å². The van der Waals surface area contributed by atoms with Crippen molar-refractivity contribution >= 4 is 22.8 Å². The second-order valence-electron chi connectivity index (χ2n) is 6.10. The van der Waals surface area contributed by atoms with Crippen LogP contribution in [0.1, 0.15) is 10.4 Å². The second-order valence-corrected chi connectivity index (χ2v) is 6.10. The van der Waals surface area contributed by atoms with Gasteiger partial charge >= 0.3 is 0 Å². The quantitative estimate of drug-likeness (QED) is 0.720. The van der Waals surface area contributed by atoms with Crippen molar-refractivity contribution in [3.05, 3.63) is 54.5 Å². The van der Waals surface area contributed by atoms with Crippen molar-refractivity contribution in [3.63, 3.8) is 0 Å². The SMILES string of the molecule is COc1ccc(N2CCN(C(=O)c3cnc4nccnc4c3)CC2)cc1. The van der Waals surface area contributed by atoms with E-state index < -0.39 is 0 Å². The maximum Gasteiger partial charge on any atom is 0.255 e. The zero-order chi connectivity index (χ0) is 17.9. The molecule has 132 valence electrons. The van der Waals surface area contributed by atoms with Gasteiger partial charge in [-0.2, -0.15) is 0 Å². The Morgan fingerprint density at radius 3 is 2.46 bits per heavy atom. The van der Waals surface area contributed by atoms with E-state index in [1.807, 2.05) is 29.2 Å². The summed E-state index contributed by atoms with van der Waals surface area (Å²) in [4.78, 5) is 29.5. The fraction of sp³-hybridized carbons (Fsp3) is 0.263. The monoisotopic (exact) mass is 349 g/mol. The summed E-state index contributed by atoms with van der Waals surface area (Å²) in [5, 5.41) is 0. The van der Waals surface area contributed by atoms with E-state index in [0.29, 0.717) is 29.8 Å². The first-order chi connectivity index (χ1) is 12.7. The second kappa shape index (κ2) is 6.95. The third kappa shape index (κ3) is 3.15. The van der Waals surface area contributed by atoms with Gasteiger partial charge in [0.15, 0.2) is 5.65 Å². The predicted octanol–water partition coefficient (Wildman–Crippen LogP) is 2.00. The summed E-state index contributed by atoms with van der Waals surface area (Å²) in [6.07, 6.45) is 4.77. The van der Waals surface area contributed by atoms with E-state index in [1.165, 1.54) is 0 Å². The first-order valence-corrected chi connectivity index (χ1v) is 8.49. The fourth-order valence-corrected chi connectivity index (χ4v) is 3.12. The van der Waals surface area contributed by atoms with Crippen LogP contribution in [0.25, 0.3) is 11.2 Å². The fourth-order valence-electron chi connectivity index (χ4n) is 3.12. The number of anilines is 1. The molecule has 7 heteroatoms. The van der Waals surface area contributed by atoms with Gasteiger partial charge in [-0.15, -0.1) is 0 Å². The van der Waals surface area contributed by atoms with Gasteiger partial charge in [0.05, 0.1) is 12.7 Å². The molecular formula is C19H19N5O2. The lowest BCUT2D eigenvalue weighted by Gasteiger charge is -2.36. The number of pyridine rings is 1. The van der Waals surface area contributed by atoms with Crippen LogP contribution in [0, 0.1) is 0 Å². The Kier molecular flexibility index (Phi) is 4.35. The van der Waals surface area contributed by atoms with E-state index in [9.17, 15) is 4.79 Å². The summed E-state index contributed by atoms with van der Waals surface area (Å²) in [5.74, 6) is 0.828. The van der Waals surface area contributed by atoms with Crippen LogP contribution in [0.4, 0.5) is 5.69 Å². The highest BCUT2D eigenvalue weighted by Crippen LogP contribution is 2.21. The number of carbonyl (C=O) groups excluding carboxylic acids is 1. The van der Waals surface area contributed by atoms with Crippen LogP contribution in [0.2, 0.25) is 0 Å². The summed E-state index contributed by atoms with van der Waals surface area (Å²) in [5.41, 5.74) is 2.88. The number of hydrogen-bond acceptors (Lipinski definition) is 6. The summed E-state index contributed by atoms with van der Waals surface area (Å²) < 4.78 is 5.20. The van der Waals surface area contributed by atoms with Crippen molar-refractivity contribution < 1.29 is 9.53 Å². The Balaban J connectivity index is 1.43. The summed E-state index contributed by atoms with van der Waals surface area (Å²) in [6, 6.07) is 9.75. The first kappa shape index (κ1) is 16.3. The molecule has 1 aliphatic rings. The zero-order valence-electron chi connectivity index (χ0n) is 14.5. The number of nitrogens with zero attached hydrogens (tertiary/aromatic N) is 5. The van der Waals surface area contributed by atoms with Crippen LogP contribution in [0.3, 0.4) is 0 Å². The van der Waals surface area contributed by atoms with Gasteiger partial charge < -0.3 is 14.5 Å². The molecular weight excluding hydrogens is 330 g/mol. The van der Waals surface area contributed by atoms with E-state index in [0.717, 1.165) is 24.5 Å². The molecule has 26 heavy (non-hydrogen) atoms. The lowest BCUT2D eigenvalue weighted by Crippen LogP contribution is -2.48. The molecule has 1 amide bonds. The number of aromatic nitrogens is 3. The Morgan fingerprint density at radius 1 is 1.00 bits per heavy atom. The minimum atomic E-state index is -0.0144. The van der Waals surface area contributed by atoms with Crippen LogP contribution in [-0.2, 0) is 0 Å². The van der Waals surface area contributed by atoms with E-state index >= 15 is 0 Å². The Labute approximate surface area is 151 Å². The number of hydrogen-bond donors (Lipinski definition) is 0. The molecule has 1 aliphatic heterocycles. The molecule has 0 spiro atoms. The molecule has 1 saturated heterocycles. The van der Waals surface area contributed by atoms with Crippen molar-refractivity contribution in [2.45, 2.75) is 0 Å². The third-order valence-electron chi connectivity index (χ3n) is 4.58. The summed E-state index contributed by atoms with van der Waals surface area (Å²) in [7, 11) is 1.66. The van der Waals surface area contributed by atoms with Gasteiger partial charge in [-0.25, -0.2) is 9.97 Å². The lowest BCUT2D eigenvalue weighted by molar-refractivity contribution is 0.0746. The minimum Gasteiger partial charge on any atom is -0.497 e. The van der Waals surface area contributed by atoms with Crippen LogP contribution in [0.15, 0.2) is 48.9 Å². The maximum atomic E-state index is 12.8.